The highest BCUT2D eigenvalue weighted by atomic mass is 32.2. The van der Waals surface area contributed by atoms with Crippen molar-refractivity contribution < 1.29 is 8.42 Å². The molecular formula is C14H23N3O2S. The largest absolute Gasteiger partial charge is 0.315 e. The van der Waals surface area contributed by atoms with Crippen LogP contribution in [0, 0.1) is 0 Å². The monoisotopic (exact) mass is 297 g/mol. The van der Waals surface area contributed by atoms with Crippen molar-refractivity contribution in [3.05, 3.63) is 29.8 Å². The van der Waals surface area contributed by atoms with Crippen molar-refractivity contribution in [2.45, 2.75) is 30.3 Å². The maximum atomic E-state index is 12.3. The molecule has 0 unspecified atom stereocenters. The van der Waals surface area contributed by atoms with Crippen molar-refractivity contribution in [3.63, 3.8) is 0 Å². The van der Waals surface area contributed by atoms with E-state index in [0.717, 1.165) is 31.5 Å². The Hall–Kier alpha value is -0.950. The fourth-order valence-electron chi connectivity index (χ4n) is 2.38. The molecule has 1 fully saturated rings. The molecule has 0 spiro atoms. The molecule has 1 atom stereocenters. The van der Waals surface area contributed by atoms with Gasteiger partial charge in [0.15, 0.2) is 0 Å². The third-order valence-electron chi connectivity index (χ3n) is 3.35. The summed E-state index contributed by atoms with van der Waals surface area (Å²) in [7, 11) is 0.568. The van der Waals surface area contributed by atoms with Gasteiger partial charge in [0.1, 0.15) is 0 Å². The van der Waals surface area contributed by atoms with Crippen LogP contribution in [-0.4, -0.2) is 46.5 Å². The molecule has 0 aromatic heterocycles. The fraction of sp³-hybridized carbons (Fsp3) is 0.571. The van der Waals surface area contributed by atoms with E-state index in [0.29, 0.717) is 11.4 Å². The highest BCUT2D eigenvalue weighted by Gasteiger charge is 2.21. The van der Waals surface area contributed by atoms with Gasteiger partial charge in [-0.25, -0.2) is 13.1 Å². The van der Waals surface area contributed by atoms with Crippen LogP contribution in [0.5, 0.6) is 0 Å². The number of sulfonamides is 1. The Morgan fingerprint density at radius 3 is 2.55 bits per heavy atom. The van der Waals surface area contributed by atoms with Crippen LogP contribution in [0.2, 0.25) is 0 Å². The molecule has 6 heteroatoms. The second-order valence-corrected chi connectivity index (χ2v) is 7.26. The summed E-state index contributed by atoms with van der Waals surface area (Å²) in [5.74, 6) is 0. The van der Waals surface area contributed by atoms with Gasteiger partial charge in [0, 0.05) is 19.1 Å². The molecule has 0 amide bonds. The Balaban J connectivity index is 2.04. The van der Waals surface area contributed by atoms with Crippen LogP contribution in [0.3, 0.4) is 0 Å². The minimum Gasteiger partial charge on any atom is -0.315 e. The maximum absolute atomic E-state index is 12.3. The molecule has 1 aliphatic heterocycles. The number of benzene rings is 1. The third kappa shape index (κ3) is 4.28. The maximum Gasteiger partial charge on any atom is 0.240 e. The van der Waals surface area contributed by atoms with Crippen LogP contribution >= 0.6 is 0 Å². The molecule has 0 aliphatic carbocycles. The molecule has 0 bridgehead atoms. The highest BCUT2D eigenvalue weighted by molar-refractivity contribution is 7.89. The predicted molar refractivity (Wildman–Crippen MR) is 80.0 cm³/mol. The molecule has 20 heavy (non-hydrogen) atoms. The number of nitrogens with one attached hydrogen (secondary N) is 2. The zero-order chi connectivity index (χ0) is 14.6. The summed E-state index contributed by atoms with van der Waals surface area (Å²) in [5.41, 5.74) is 1.10. The second-order valence-electron chi connectivity index (χ2n) is 5.55. The van der Waals surface area contributed by atoms with Gasteiger partial charge in [-0.1, -0.05) is 12.1 Å². The zero-order valence-electron chi connectivity index (χ0n) is 12.1. The van der Waals surface area contributed by atoms with Gasteiger partial charge in [-0.2, -0.15) is 0 Å². The molecule has 1 aromatic carbocycles. The number of hydrogen-bond acceptors (Lipinski definition) is 4. The number of piperidine rings is 1. The van der Waals surface area contributed by atoms with Gasteiger partial charge >= 0.3 is 0 Å². The van der Waals surface area contributed by atoms with E-state index in [1.807, 2.05) is 26.2 Å². The Bertz CT molecular complexity index is 520. The number of nitrogens with zero attached hydrogens (tertiary/aromatic N) is 1. The first-order valence-corrected chi connectivity index (χ1v) is 8.42. The van der Waals surface area contributed by atoms with Crippen LogP contribution in [0.1, 0.15) is 18.4 Å². The van der Waals surface area contributed by atoms with Crippen LogP contribution in [0.25, 0.3) is 0 Å². The smallest absolute Gasteiger partial charge is 0.240 e. The van der Waals surface area contributed by atoms with E-state index in [4.69, 9.17) is 0 Å². The van der Waals surface area contributed by atoms with Crippen molar-refractivity contribution in [2.24, 2.45) is 0 Å². The lowest BCUT2D eigenvalue weighted by atomic mass is 10.1. The highest BCUT2D eigenvalue weighted by Crippen LogP contribution is 2.13. The Kier molecular flexibility index (Phi) is 5.15. The van der Waals surface area contributed by atoms with Gasteiger partial charge < -0.3 is 10.2 Å². The van der Waals surface area contributed by atoms with Crippen molar-refractivity contribution in [2.75, 3.05) is 27.2 Å². The summed E-state index contributed by atoms with van der Waals surface area (Å²) in [6, 6.07) is 7.09. The minimum atomic E-state index is -3.41. The van der Waals surface area contributed by atoms with E-state index < -0.39 is 10.0 Å². The number of rotatable bonds is 5. The summed E-state index contributed by atoms with van der Waals surface area (Å²) in [6.07, 6.45) is 1.90. The van der Waals surface area contributed by atoms with E-state index in [9.17, 15) is 8.42 Å². The van der Waals surface area contributed by atoms with Crippen LogP contribution in [-0.2, 0) is 16.6 Å². The molecule has 2 rings (SSSR count). The van der Waals surface area contributed by atoms with Gasteiger partial charge in [0.25, 0.3) is 0 Å². The van der Waals surface area contributed by atoms with Crippen LogP contribution in [0.15, 0.2) is 29.2 Å². The topological polar surface area (TPSA) is 61.4 Å². The normalized spacial score (nSPS) is 20.2. The molecular weight excluding hydrogens is 274 g/mol. The number of hydrogen-bond donors (Lipinski definition) is 2. The molecule has 5 nitrogen and oxygen atoms in total. The minimum absolute atomic E-state index is 0.00444. The molecule has 0 saturated carbocycles. The summed E-state index contributed by atoms with van der Waals surface area (Å²) in [5, 5.41) is 3.21. The summed E-state index contributed by atoms with van der Waals surface area (Å²) >= 11 is 0. The summed E-state index contributed by atoms with van der Waals surface area (Å²) < 4.78 is 27.3. The first kappa shape index (κ1) is 15.4. The summed E-state index contributed by atoms with van der Waals surface area (Å²) in [4.78, 5) is 2.39. The lowest BCUT2D eigenvalue weighted by Gasteiger charge is -2.23. The first-order valence-electron chi connectivity index (χ1n) is 6.94. The average molecular weight is 297 g/mol. The van der Waals surface area contributed by atoms with Gasteiger partial charge in [0.2, 0.25) is 10.0 Å². The van der Waals surface area contributed by atoms with Crippen molar-refractivity contribution in [1.29, 1.82) is 0 Å². The van der Waals surface area contributed by atoms with E-state index in [-0.39, 0.29) is 6.04 Å². The molecule has 1 saturated heterocycles. The quantitative estimate of drug-likeness (QED) is 0.843. The molecule has 1 aromatic rings. The summed E-state index contributed by atoms with van der Waals surface area (Å²) in [6.45, 7) is 2.48. The molecule has 112 valence electrons. The average Bonchev–Trinajstić information content (AvgIpc) is 2.39. The van der Waals surface area contributed by atoms with E-state index in [1.54, 1.807) is 12.1 Å². The fourth-order valence-corrected chi connectivity index (χ4v) is 3.65. The van der Waals surface area contributed by atoms with E-state index in [2.05, 4.69) is 14.9 Å². The standard InChI is InChI=1S/C14H23N3O2S/c1-17(2)11-12-5-7-14(8-6-12)20(18,19)16-13-4-3-9-15-10-13/h5-8,13,15-16H,3-4,9-11H2,1-2H3/t13-/m1/s1. The van der Waals surface area contributed by atoms with Gasteiger partial charge in [-0.3, -0.25) is 0 Å². The van der Waals surface area contributed by atoms with Gasteiger partial charge in [0.05, 0.1) is 4.90 Å². The molecule has 0 radical (unpaired) electrons. The van der Waals surface area contributed by atoms with E-state index in [1.165, 1.54) is 0 Å². The van der Waals surface area contributed by atoms with Crippen LogP contribution in [0.4, 0.5) is 0 Å². The third-order valence-corrected chi connectivity index (χ3v) is 4.89. The lowest BCUT2D eigenvalue weighted by Crippen LogP contribution is -2.45. The van der Waals surface area contributed by atoms with Gasteiger partial charge in [-0.05, 0) is 51.2 Å². The molecule has 1 heterocycles. The predicted octanol–water partition coefficient (Wildman–Crippen LogP) is 0.779. The molecule has 2 N–H and O–H groups in total. The van der Waals surface area contributed by atoms with Crippen molar-refractivity contribution in [1.82, 2.24) is 14.9 Å². The van der Waals surface area contributed by atoms with Gasteiger partial charge in [-0.15, -0.1) is 0 Å². The second kappa shape index (κ2) is 6.67. The zero-order valence-corrected chi connectivity index (χ0v) is 12.9. The Labute approximate surface area is 121 Å². The molecule has 1 aliphatic rings. The Morgan fingerprint density at radius 1 is 1.30 bits per heavy atom. The lowest BCUT2D eigenvalue weighted by molar-refractivity contribution is 0.402. The van der Waals surface area contributed by atoms with Crippen molar-refractivity contribution in [3.8, 4) is 0 Å². The van der Waals surface area contributed by atoms with Crippen molar-refractivity contribution >= 4 is 10.0 Å². The Morgan fingerprint density at radius 2 is 2.00 bits per heavy atom. The van der Waals surface area contributed by atoms with Crippen LogP contribution < -0.4 is 10.0 Å². The van der Waals surface area contributed by atoms with E-state index >= 15 is 0 Å². The first-order chi connectivity index (χ1) is 9.47. The SMILES string of the molecule is CN(C)Cc1ccc(S(=O)(=O)N[C@@H]2CCCNC2)cc1.